The molecule has 11 heteroatoms. The lowest BCUT2D eigenvalue weighted by molar-refractivity contribution is -0.136. The van der Waals surface area contributed by atoms with Gasteiger partial charge in [-0.25, -0.2) is 9.79 Å². The Labute approximate surface area is 234 Å². The second-order valence-electron chi connectivity index (χ2n) is 10.6. The minimum absolute atomic E-state index is 0.0713. The third-order valence-electron chi connectivity index (χ3n) is 8.12. The zero-order valence-electron chi connectivity index (χ0n) is 23.5. The fourth-order valence-corrected chi connectivity index (χ4v) is 5.87. The normalized spacial score (nSPS) is 29.9. The molecule has 2 aliphatic heterocycles. The van der Waals surface area contributed by atoms with Crippen LogP contribution in [0.15, 0.2) is 64.4 Å². The van der Waals surface area contributed by atoms with E-state index in [9.17, 15) is 19.2 Å². The highest BCUT2D eigenvalue weighted by atomic mass is 16.5. The van der Waals surface area contributed by atoms with Crippen LogP contribution in [0.25, 0.3) is 0 Å². The number of allylic oxidation sites excluding steroid dienone is 4. The van der Waals surface area contributed by atoms with Gasteiger partial charge >= 0.3 is 5.97 Å². The van der Waals surface area contributed by atoms with Gasteiger partial charge in [0, 0.05) is 49.9 Å². The van der Waals surface area contributed by atoms with Gasteiger partial charge in [-0.1, -0.05) is 50.3 Å². The molecule has 0 spiro atoms. The molecule has 0 saturated heterocycles. The van der Waals surface area contributed by atoms with Gasteiger partial charge in [0.25, 0.3) is 11.8 Å². The summed E-state index contributed by atoms with van der Waals surface area (Å²) in [5.41, 5.74) is 6.76. The molecule has 214 valence electrons. The maximum absolute atomic E-state index is 13.8. The molecule has 0 aromatic rings. The number of likely N-dealkylation sites (N-methyl/N-ethyl adjacent to an activating group) is 1. The first-order chi connectivity index (χ1) is 19.0. The number of rotatable bonds is 7. The molecular formula is C29H37N5O6. The fraction of sp³-hybridized carbons (Fsp3) is 0.483. The highest BCUT2D eigenvalue weighted by Gasteiger charge is 2.56. The maximum atomic E-state index is 13.8. The number of nitrogens with zero attached hydrogens (tertiary/aromatic N) is 3. The Morgan fingerprint density at radius 1 is 1.18 bits per heavy atom. The van der Waals surface area contributed by atoms with Crippen molar-refractivity contribution < 1.29 is 28.7 Å². The van der Waals surface area contributed by atoms with Gasteiger partial charge in [-0.15, -0.1) is 0 Å². The molecule has 0 saturated carbocycles. The summed E-state index contributed by atoms with van der Waals surface area (Å²) in [7, 11) is 4.39. The molecule has 0 aromatic heterocycles. The molecule has 2 heterocycles. The van der Waals surface area contributed by atoms with Crippen molar-refractivity contribution in [2.45, 2.75) is 38.3 Å². The number of carbonyl (C=O) groups is 4. The van der Waals surface area contributed by atoms with Crippen LogP contribution in [0.2, 0.25) is 0 Å². The van der Waals surface area contributed by atoms with E-state index >= 15 is 0 Å². The second kappa shape index (κ2) is 11.6. The lowest BCUT2D eigenvalue weighted by Gasteiger charge is -2.41. The van der Waals surface area contributed by atoms with E-state index in [-0.39, 0.29) is 54.1 Å². The third-order valence-corrected chi connectivity index (χ3v) is 8.12. The van der Waals surface area contributed by atoms with E-state index in [2.05, 4.69) is 5.32 Å². The van der Waals surface area contributed by atoms with Crippen molar-refractivity contribution in [1.29, 1.82) is 0 Å². The van der Waals surface area contributed by atoms with Gasteiger partial charge in [0.1, 0.15) is 6.61 Å². The first-order valence-corrected chi connectivity index (χ1v) is 13.3. The maximum Gasteiger partial charge on any atom is 0.333 e. The molecule has 4 rings (SSSR count). The van der Waals surface area contributed by atoms with Crippen LogP contribution in [0.3, 0.4) is 0 Å². The molecule has 0 fully saturated rings. The standard InChI is InChI=1S/C29H37N5O6/c1-17-15-19(26(37)40-5)9-10-21(17)25(36)34-13-11-20(12-14-34)29(27(38)33(3)28(30)32-29)22-7-6-8-23(18(22)2)31-24(35)16-39-4/h6-11,13,17-18,20,23H,12,14-16H2,1-5H3,(H2,30,32)(H,31,35). The Kier molecular flexibility index (Phi) is 8.43. The Balaban J connectivity index is 1.61. The number of nitrogens with one attached hydrogen (secondary N) is 1. The largest absolute Gasteiger partial charge is 0.466 e. The number of amides is 3. The molecular weight excluding hydrogens is 514 g/mol. The summed E-state index contributed by atoms with van der Waals surface area (Å²) < 4.78 is 9.76. The summed E-state index contributed by atoms with van der Waals surface area (Å²) in [5, 5.41) is 2.95. The van der Waals surface area contributed by atoms with E-state index in [1.54, 1.807) is 30.3 Å². The van der Waals surface area contributed by atoms with E-state index in [1.165, 1.54) is 19.1 Å². The van der Waals surface area contributed by atoms with Crippen molar-refractivity contribution in [3.63, 3.8) is 0 Å². The van der Waals surface area contributed by atoms with E-state index in [1.807, 2.05) is 38.2 Å². The Morgan fingerprint density at radius 2 is 1.93 bits per heavy atom. The summed E-state index contributed by atoms with van der Waals surface area (Å²) in [4.78, 5) is 59.1. The summed E-state index contributed by atoms with van der Waals surface area (Å²) >= 11 is 0. The van der Waals surface area contributed by atoms with Gasteiger partial charge in [-0.3, -0.25) is 19.3 Å². The molecule has 40 heavy (non-hydrogen) atoms. The number of nitrogens with two attached hydrogens (primary N) is 1. The first-order valence-electron chi connectivity index (χ1n) is 13.3. The average molecular weight is 552 g/mol. The van der Waals surface area contributed by atoms with E-state index in [0.29, 0.717) is 30.5 Å². The van der Waals surface area contributed by atoms with E-state index in [4.69, 9.17) is 20.2 Å². The molecule has 2 aliphatic carbocycles. The van der Waals surface area contributed by atoms with Gasteiger partial charge in [0.2, 0.25) is 5.91 Å². The number of carbonyl (C=O) groups excluding carboxylic acids is 4. The monoisotopic (exact) mass is 551 g/mol. The predicted molar refractivity (Wildman–Crippen MR) is 148 cm³/mol. The van der Waals surface area contributed by atoms with Crippen LogP contribution in [0.4, 0.5) is 0 Å². The van der Waals surface area contributed by atoms with E-state index in [0.717, 1.165) is 5.57 Å². The molecule has 0 aromatic carbocycles. The lowest BCUT2D eigenvalue weighted by atomic mass is 9.68. The van der Waals surface area contributed by atoms with Gasteiger partial charge in [-0.05, 0) is 24.3 Å². The molecule has 11 nitrogen and oxygen atoms in total. The molecule has 5 unspecified atom stereocenters. The number of guanidine groups is 1. The highest BCUT2D eigenvalue weighted by Crippen LogP contribution is 2.45. The molecule has 5 atom stereocenters. The van der Waals surface area contributed by atoms with E-state index < -0.39 is 11.5 Å². The number of aliphatic imine (C=N–C) groups is 1. The third kappa shape index (κ3) is 5.13. The lowest BCUT2D eigenvalue weighted by Crippen LogP contribution is -2.53. The second-order valence-corrected chi connectivity index (χ2v) is 10.6. The summed E-state index contributed by atoms with van der Waals surface area (Å²) in [6.07, 6.45) is 13.4. The van der Waals surface area contributed by atoms with Gasteiger partial charge in [0.15, 0.2) is 11.5 Å². The van der Waals surface area contributed by atoms with Crippen LogP contribution < -0.4 is 11.1 Å². The van der Waals surface area contributed by atoms with Crippen molar-refractivity contribution in [1.82, 2.24) is 15.1 Å². The highest BCUT2D eigenvalue weighted by molar-refractivity contribution is 6.09. The van der Waals surface area contributed by atoms with Crippen molar-refractivity contribution in [2.75, 3.05) is 34.4 Å². The molecule has 4 aliphatic rings. The Morgan fingerprint density at radius 3 is 2.50 bits per heavy atom. The van der Waals surface area contributed by atoms with Gasteiger partial charge < -0.3 is 25.4 Å². The van der Waals surface area contributed by atoms with Crippen molar-refractivity contribution in [2.24, 2.45) is 28.5 Å². The first kappa shape index (κ1) is 29.0. The zero-order chi connectivity index (χ0) is 29.2. The van der Waals surface area contributed by atoms with Crippen LogP contribution in [0.1, 0.15) is 26.7 Å². The zero-order valence-corrected chi connectivity index (χ0v) is 23.5. The molecule has 3 amide bonds. The topological polar surface area (TPSA) is 144 Å². The summed E-state index contributed by atoms with van der Waals surface area (Å²) in [5.74, 6) is -1.71. The smallest absolute Gasteiger partial charge is 0.333 e. The van der Waals surface area contributed by atoms with Crippen LogP contribution in [-0.4, -0.2) is 85.4 Å². The molecule has 3 N–H and O–H groups in total. The van der Waals surface area contributed by atoms with Crippen molar-refractivity contribution >= 4 is 29.7 Å². The Bertz CT molecular complexity index is 1280. The minimum Gasteiger partial charge on any atom is -0.466 e. The Hall–Kier alpha value is -3.99. The number of hydrogen-bond donors (Lipinski definition) is 2. The predicted octanol–water partition coefficient (Wildman–Crippen LogP) is 1.20. The van der Waals surface area contributed by atoms with Crippen LogP contribution in [0.5, 0.6) is 0 Å². The fourth-order valence-electron chi connectivity index (χ4n) is 5.87. The molecule has 0 radical (unpaired) electrons. The number of esters is 1. The number of methoxy groups -OCH3 is 2. The van der Waals surface area contributed by atoms with Crippen LogP contribution in [-0.2, 0) is 28.7 Å². The van der Waals surface area contributed by atoms with Crippen LogP contribution in [0, 0.1) is 17.8 Å². The van der Waals surface area contributed by atoms with Crippen molar-refractivity contribution in [3.05, 3.63) is 59.4 Å². The number of hydrogen-bond acceptors (Lipinski definition) is 8. The molecule has 0 bridgehead atoms. The number of ether oxygens (including phenoxy) is 2. The summed E-state index contributed by atoms with van der Waals surface area (Å²) in [6, 6.07) is -0.358. The van der Waals surface area contributed by atoms with Gasteiger partial charge in [0.05, 0.1) is 13.2 Å². The summed E-state index contributed by atoms with van der Waals surface area (Å²) in [6.45, 7) is 4.15. The minimum atomic E-state index is -1.30. The SMILES string of the molecule is COCC(=O)NC1C=CC=C(C2(C3C=CN(C(=O)C4=CC=C(C(=O)OC)CC4C)CC3)N=C(N)N(C)C2=O)C1C. The van der Waals surface area contributed by atoms with Gasteiger partial charge in [-0.2, -0.15) is 0 Å². The average Bonchev–Trinajstić information content (AvgIpc) is 3.18. The van der Waals surface area contributed by atoms with Crippen LogP contribution >= 0.6 is 0 Å². The van der Waals surface area contributed by atoms with Crippen molar-refractivity contribution in [3.8, 4) is 0 Å². The quantitative estimate of drug-likeness (QED) is 0.453.